The lowest BCUT2D eigenvalue weighted by Crippen LogP contribution is -2.41. The molecule has 4 rings (SSSR count). The van der Waals surface area contributed by atoms with Crippen LogP contribution in [0.15, 0.2) is 18.2 Å². The molecule has 126 valence electrons. The Labute approximate surface area is 143 Å². The highest BCUT2D eigenvalue weighted by atomic mass is 35.5. The molecule has 3 nitrogen and oxygen atoms in total. The van der Waals surface area contributed by atoms with Gasteiger partial charge in [-0.2, -0.15) is 0 Å². The summed E-state index contributed by atoms with van der Waals surface area (Å²) in [5, 5.41) is 3.26. The standard InChI is InChI=1S/C18H23FN2O.ClH/c19-14-4-3-5-15-17(14)18(8-1-2-9-18)12-21(15)16(22)11-20-10-13-6-7-13;/h3-5,13,20H,1-2,6-12H2;1H. The van der Waals surface area contributed by atoms with Crippen molar-refractivity contribution in [3.8, 4) is 0 Å². The maximum absolute atomic E-state index is 14.4. The van der Waals surface area contributed by atoms with Crippen molar-refractivity contribution in [3.63, 3.8) is 0 Å². The van der Waals surface area contributed by atoms with E-state index >= 15 is 0 Å². The van der Waals surface area contributed by atoms with Crippen LogP contribution in [0.1, 0.15) is 44.1 Å². The van der Waals surface area contributed by atoms with Crippen molar-refractivity contribution in [2.24, 2.45) is 5.92 Å². The summed E-state index contributed by atoms with van der Waals surface area (Å²) in [5.74, 6) is 0.703. The van der Waals surface area contributed by atoms with E-state index < -0.39 is 0 Å². The monoisotopic (exact) mass is 338 g/mol. The van der Waals surface area contributed by atoms with E-state index in [9.17, 15) is 9.18 Å². The van der Waals surface area contributed by atoms with Crippen molar-refractivity contribution in [1.29, 1.82) is 0 Å². The van der Waals surface area contributed by atoms with Gasteiger partial charge in [0.2, 0.25) is 5.91 Å². The Balaban J connectivity index is 0.00000156. The fourth-order valence-electron chi connectivity index (χ4n) is 4.21. The number of nitrogens with zero attached hydrogens (tertiary/aromatic N) is 1. The normalized spacial score (nSPS) is 21.3. The van der Waals surface area contributed by atoms with E-state index in [1.807, 2.05) is 11.0 Å². The molecule has 1 N–H and O–H groups in total. The molecule has 1 aromatic carbocycles. The summed E-state index contributed by atoms with van der Waals surface area (Å²) in [6.45, 7) is 1.95. The molecule has 2 saturated carbocycles. The van der Waals surface area contributed by atoms with E-state index in [1.165, 1.54) is 18.9 Å². The number of benzene rings is 1. The summed E-state index contributed by atoms with van der Waals surface area (Å²) in [6.07, 6.45) is 6.83. The Morgan fingerprint density at radius 1 is 1.30 bits per heavy atom. The van der Waals surface area contributed by atoms with Crippen molar-refractivity contribution >= 4 is 24.0 Å². The highest BCUT2D eigenvalue weighted by Gasteiger charge is 2.47. The Morgan fingerprint density at radius 2 is 2.04 bits per heavy atom. The summed E-state index contributed by atoms with van der Waals surface area (Å²) in [7, 11) is 0. The van der Waals surface area contributed by atoms with Crippen LogP contribution >= 0.6 is 12.4 Å². The third-order valence-electron chi connectivity index (χ3n) is 5.54. The van der Waals surface area contributed by atoms with E-state index in [0.717, 1.165) is 49.4 Å². The predicted octanol–water partition coefficient (Wildman–Crippen LogP) is 3.41. The van der Waals surface area contributed by atoms with Crippen LogP contribution in [-0.4, -0.2) is 25.5 Å². The average molecular weight is 339 g/mol. The highest BCUT2D eigenvalue weighted by molar-refractivity contribution is 5.97. The number of fused-ring (bicyclic) bond motifs is 2. The highest BCUT2D eigenvalue weighted by Crippen LogP contribution is 2.51. The molecule has 0 saturated heterocycles. The number of carbonyl (C=O) groups excluding carboxylic acids is 1. The van der Waals surface area contributed by atoms with E-state index in [-0.39, 0.29) is 29.5 Å². The molecule has 0 aromatic heterocycles. The third kappa shape index (κ3) is 2.99. The Morgan fingerprint density at radius 3 is 2.74 bits per heavy atom. The number of hydrogen-bond donors (Lipinski definition) is 1. The number of nitrogens with one attached hydrogen (secondary N) is 1. The van der Waals surface area contributed by atoms with Crippen LogP contribution in [0.3, 0.4) is 0 Å². The van der Waals surface area contributed by atoms with Gasteiger partial charge < -0.3 is 10.2 Å². The van der Waals surface area contributed by atoms with Crippen LogP contribution in [0.5, 0.6) is 0 Å². The van der Waals surface area contributed by atoms with Gasteiger partial charge in [0.15, 0.2) is 0 Å². The fourth-order valence-corrected chi connectivity index (χ4v) is 4.21. The molecule has 1 heterocycles. The summed E-state index contributed by atoms with van der Waals surface area (Å²) < 4.78 is 14.4. The minimum absolute atomic E-state index is 0. The maximum atomic E-state index is 14.4. The Hall–Kier alpha value is -1.13. The van der Waals surface area contributed by atoms with Gasteiger partial charge in [0, 0.05) is 17.5 Å². The molecule has 5 heteroatoms. The van der Waals surface area contributed by atoms with Gasteiger partial charge in [-0.1, -0.05) is 18.9 Å². The lowest BCUT2D eigenvalue weighted by molar-refractivity contribution is -0.117. The van der Waals surface area contributed by atoms with Crippen LogP contribution < -0.4 is 10.2 Å². The predicted molar refractivity (Wildman–Crippen MR) is 91.7 cm³/mol. The number of rotatable bonds is 4. The second kappa shape index (κ2) is 6.40. The van der Waals surface area contributed by atoms with E-state index in [0.29, 0.717) is 13.1 Å². The van der Waals surface area contributed by atoms with Crippen molar-refractivity contribution < 1.29 is 9.18 Å². The van der Waals surface area contributed by atoms with Gasteiger partial charge in [0.05, 0.1) is 12.2 Å². The first-order valence-corrected chi connectivity index (χ1v) is 8.50. The van der Waals surface area contributed by atoms with Gasteiger partial charge in [0.25, 0.3) is 0 Å². The summed E-state index contributed by atoms with van der Waals surface area (Å²) in [6, 6.07) is 5.17. The van der Waals surface area contributed by atoms with Gasteiger partial charge >= 0.3 is 0 Å². The zero-order chi connectivity index (χ0) is 15.2. The lowest BCUT2D eigenvalue weighted by atomic mass is 9.80. The van der Waals surface area contributed by atoms with Gasteiger partial charge in [-0.05, 0) is 50.3 Å². The van der Waals surface area contributed by atoms with Crippen LogP contribution in [0.25, 0.3) is 0 Å². The molecule has 0 unspecified atom stereocenters. The van der Waals surface area contributed by atoms with Crippen molar-refractivity contribution in [3.05, 3.63) is 29.6 Å². The van der Waals surface area contributed by atoms with Gasteiger partial charge in [-0.15, -0.1) is 12.4 Å². The summed E-state index contributed by atoms with van der Waals surface area (Å²) >= 11 is 0. The molecule has 1 aromatic rings. The van der Waals surface area contributed by atoms with Crippen molar-refractivity contribution in [2.45, 2.75) is 43.9 Å². The van der Waals surface area contributed by atoms with Gasteiger partial charge in [0.1, 0.15) is 5.82 Å². The lowest BCUT2D eigenvalue weighted by Gasteiger charge is -2.25. The Kier molecular flexibility index (Phi) is 4.65. The number of carbonyl (C=O) groups is 1. The molecule has 2 aliphatic carbocycles. The molecule has 1 aliphatic heterocycles. The smallest absolute Gasteiger partial charge is 0.240 e. The third-order valence-corrected chi connectivity index (χ3v) is 5.54. The zero-order valence-corrected chi connectivity index (χ0v) is 14.1. The van der Waals surface area contributed by atoms with Crippen LogP contribution in [0.2, 0.25) is 0 Å². The first-order chi connectivity index (χ1) is 10.7. The van der Waals surface area contributed by atoms with Crippen LogP contribution in [-0.2, 0) is 10.2 Å². The first kappa shape index (κ1) is 16.7. The average Bonchev–Trinajstić information content (AvgIpc) is 3.11. The van der Waals surface area contributed by atoms with Crippen LogP contribution in [0, 0.1) is 11.7 Å². The number of hydrogen-bond acceptors (Lipinski definition) is 2. The summed E-state index contributed by atoms with van der Waals surface area (Å²) in [4.78, 5) is 14.4. The molecule has 0 bridgehead atoms. The minimum Gasteiger partial charge on any atom is -0.310 e. The van der Waals surface area contributed by atoms with E-state index in [4.69, 9.17) is 0 Å². The summed E-state index contributed by atoms with van der Waals surface area (Å²) in [5.41, 5.74) is 1.47. The fraction of sp³-hybridized carbons (Fsp3) is 0.611. The minimum atomic E-state index is -0.138. The molecule has 0 atom stereocenters. The quantitative estimate of drug-likeness (QED) is 0.912. The molecular formula is C18H24ClFN2O. The first-order valence-electron chi connectivity index (χ1n) is 8.50. The SMILES string of the molecule is Cl.O=C(CNCC1CC1)N1CC2(CCCC2)c2c(F)cccc21. The molecule has 0 radical (unpaired) electrons. The Bertz CT molecular complexity index is 597. The van der Waals surface area contributed by atoms with Gasteiger partial charge in [-0.3, -0.25) is 4.79 Å². The zero-order valence-electron chi connectivity index (χ0n) is 13.3. The molecule has 1 amide bonds. The number of anilines is 1. The molecular weight excluding hydrogens is 315 g/mol. The second-order valence-corrected chi connectivity index (χ2v) is 7.18. The maximum Gasteiger partial charge on any atom is 0.240 e. The number of halogens is 2. The van der Waals surface area contributed by atoms with Gasteiger partial charge in [-0.25, -0.2) is 4.39 Å². The largest absolute Gasteiger partial charge is 0.310 e. The topological polar surface area (TPSA) is 32.3 Å². The van der Waals surface area contributed by atoms with Crippen molar-refractivity contribution in [1.82, 2.24) is 5.32 Å². The van der Waals surface area contributed by atoms with E-state index in [1.54, 1.807) is 6.07 Å². The number of amides is 1. The van der Waals surface area contributed by atoms with Crippen LogP contribution in [0.4, 0.5) is 10.1 Å². The van der Waals surface area contributed by atoms with Crippen molar-refractivity contribution in [2.75, 3.05) is 24.5 Å². The molecule has 2 fully saturated rings. The second-order valence-electron chi connectivity index (χ2n) is 7.18. The van der Waals surface area contributed by atoms with E-state index in [2.05, 4.69) is 5.32 Å². The molecule has 1 spiro atoms. The molecule has 3 aliphatic rings. The molecule has 23 heavy (non-hydrogen) atoms.